The van der Waals surface area contributed by atoms with Crippen LogP contribution in [0.3, 0.4) is 0 Å². The number of aliphatic hydroxyl groups excluding tert-OH is 6. The van der Waals surface area contributed by atoms with Gasteiger partial charge in [0.05, 0.1) is 75.7 Å². The van der Waals surface area contributed by atoms with Crippen LogP contribution in [0.4, 0.5) is 0 Å². The third-order valence-corrected chi connectivity index (χ3v) is 31.9. The van der Waals surface area contributed by atoms with Crippen molar-refractivity contribution >= 4 is 133 Å². The van der Waals surface area contributed by atoms with Crippen LogP contribution in [0.1, 0.15) is 230 Å². The summed E-state index contributed by atoms with van der Waals surface area (Å²) < 4.78 is 187. The number of aryl methyl sites for hydroxylation is 3. The van der Waals surface area contributed by atoms with Gasteiger partial charge in [-0.3, -0.25) is 78.4 Å². The highest BCUT2D eigenvalue weighted by Gasteiger charge is 2.55. The lowest BCUT2D eigenvalue weighted by atomic mass is 9.83. The van der Waals surface area contributed by atoms with Crippen molar-refractivity contribution in [3.05, 3.63) is 55.0 Å². The van der Waals surface area contributed by atoms with Gasteiger partial charge in [-0.2, -0.15) is 12.9 Å². The third-order valence-electron chi connectivity index (χ3n) is 22.6. The maximum absolute atomic E-state index is 12.7. The molecule has 18 N–H and O–H groups in total. The van der Waals surface area contributed by atoms with Gasteiger partial charge >= 0.3 is 70.4 Å². The number of phosphoric ester groups is 9. The number of carbonyl (C=O) groups is 5. The van der Waals surface area contributed by atoms with E-state index in [1.807, 2.05) is 41.5 Å². The van der Waals surface area contributed by atoms with Crippen LogP contribution in [0.25, 0.3) is 33.5 Å². The lowest BCUT2D eigenvalue weighted by Crippen LogP contribution is -2.39. The molecule has 0 bridgehead atoms. The average Bonchev–Trinajstić information content (AvgIpc) is 1.62. The highest BCUT2D eigenvalue weighted by molar-refractivity contribution is 7.62. The molecule has 21 unspecified atom stereocenters. The van der Waals surface area contributed by atoms with E-state index in [-0.39, 0.29) is 89.7 Å². The lowest BCUT2D eigenvalue weighted by molar-refractivity contribution is -0.135. The van der Waals surface area contributed by atoms with E-state index >= 15 is 0 Å². The standard InChI is InChI=1S/C28H47N4O16P3.C27H45N4O16P3.C24H41N4O15P3/c1-17-21-25(30-15-29-17)32(16-31-21)26-22(35)23(47-49(37,38)39)20(46-26)13-44-50(40,41)48-51(42,43)45-14-28(5,6)24(36)19(34)11-7-9-18(33)10-8-12-27(2,3)4;1-16-20-24(29-14-28-16)31(15-30-20)25-21(34)22(46-48(36,37)38)19(45-25)12-43-49(39,40)47-50(41,42)44-13-27(5,6)23(35)18(33)9-7-8-17(32)10-11-26(2,3)4;1-14-17-21(26-12-25-14)28(13-27-17)22-18(30)19(42-44(32,33)34)16(41-22)10-39-45(35,36)43-46(37,38)40-11-24(5,6)20(31)15(29)8-7-9-23(2,3)4/h15-16,20,22-24,26,35-36H,7-14H2,1-6H3,(H,40,41)(H,42,43)(H2,37,38,39);14-15,19,21-23,25,34-35H,7-13H2,1-6H3,(H,39,40)(H,41,42)(H2,36,37,38);12-13,16,18-20,22,30-31H,7-11H2,1-6H3,(H,35,36)(H,37,38)(H2,32,33,34). The minimum Gasteiger partial charge on any atom is -0.386 e. The Labute approximate surface area is 843 Å². The molecule has 3 aliphatic heterocycles. The number of hydrogen-bond acceptors (Lipinski definition) is 44. The second-order valence-corrected chi connectivity index (χ2v) is 53.4. The number of rotatable bonds is 55. The zero-order chi connectivity index (χ0) is 111. The number of Topliss-reactive ketones (excluding diaryl/α,β-unsaturated/α-hetero) is 5. The Morgan fingerprint density at radius 2 is 0.565 bits per heavy atom. The summed E-state index contributed by atoms with van der Waals surface area (Å²) in [6.07, 6.45) is -13.3. The Bertz CT molecular complexity index is 5970. The van der Waals surface area contributed by atoms with E-state index in [0.29, 0.717) is 59.3 Å². The first-order chi connectivity index (χ1) is 67.0. The van der Waals surface area contributed by atoms with Gasteiger partial charge < -0.3 is 104 Å². The maximum Gasteiger partial charge on any atom is 0.481 e. The SMILES string of the molecule is Cc1ncnc2c1ncn2C1OC(COP(=O)(O)OP(=O)(O)OCC(C)(C)C(O)C(=O)CCCC(=O)CCC(C)(C)C)C(OP(=O)(O)O)C1O.Cc1ncnc2c1ncn2C1OC(COP(=O)(O)OP(=O)(O)OCC(C)(C)C(O)C(=O)CCCC(=O)CCCC(C)(C)C)C(OP(=O)(O)O)C1O.Cc1ncnc2c1ncn2C1OC(COP(=O)(O)OP(=O)(O)OCC(C)(C)C(O)C(=O)CCCC(C)(C)C)C(OP(=O)(O)O)C1O. The first kappa shape index (κ1) is 129. The number of ether oxygens (including phenoxy) is 3. The molecule has 9 rings (SSSR count). The zero-order valence-electron chi connectivity index (χ0n) is 83.5. The highest BCUT2D eigenvalue weighted by atomic mass is 31.3. The van der Waals surface area contributed by atoms with Crippen molar-refractivity contribution in [2.75, 3.05) is 39.6 Å². The van der Waals surface area contributed by atoms with Gasteiger partial charge in [0.25, 0.3) is 0 Å². The monoisotopic (exact) mass is 2280 g/mol. The fourth-order valence-corrected chi connectivity index (χ4v) is 23.1. The van der Waals surface area contributed by atoms with E-state index in [2.05, 4.69) is 92.1 Å². The average molecular weight is 2280 g/mol. The summed E-state index contributed by atoms with van der Waals surface area (Å²) in [5.41, 5.74) is -1.42. The molecular weight excluding hydrogens is 2150 g/mol. The number of nitrogens with zero attached hydrogens (tertiary/aromatic N) is 12. The summed E-state index contributed by atoms with van der Waals surface area (Å²) in [7, 11) is -48.5. The van der Waals surface area contributed by atoms with Crippen molar-refractivity contribution in [3.8, 4) is 0 Å². The summed E-state index contributed by atoms with van der Waals surface area (Å²) in [6.45, 7) is 25.7. The second kappa shape index (κ2) is 51.6. The Morgan fingerprint density at radius 1 is 0.333 bits per heavy atom. The molecule has 6 aromatic heterocycles. The molecule has 21 atom stereocenters. The van der Waals surface area contributed by atoms with Gasteiger partial charge in [-0.1, -0.05) is 104 Å². The molecule has 3 saturated heterocycles. The Morgan fingerprint density at radius 3 is 0.816 bits per heavy atom. The zero-order valence-corrected chi connectivity index (χ0v) is 91.6. The molecule has 0 spiro atoms. The Kier molecular flexibility index (Phi) is 45.2. The van der Waals surface area contributed by atoms with Gasteiger partial charge in [0.2, 0.25) is 0 Å². The molecule has 3 aliphatic rings. The van der Waals surface area contributed by atoms with Crippen molar-refractivity contribution in [2.45, 2.75) is 306 Å². The Balaban J connectivity index is 0.000000299. The van der Waals surface area contributed by atoms with Crippen LogP contribution in [0.5, 0.6) is 0 Å². The third kappa shape index (κ3) is 40.8. The van der Waals surface area contributed by atoms with Crippen molar-refractivity contribution < 1.29 is 222 Å². The highest BCUT2D eigenvalue weighted by Crippen LogP contribution is 2.65. The predicted molar refractivity (Wildman–Crippen MR) is 506 cm³/mol. The first-order valence-electron chi connectivity index (χ1n) is 45.3. The van der Waals surface area contributed by atoms with Gasteiger partial charge in [0.15, 0.2) is 53.0 Å². The number of ketones is 5. The van der Waals surface area contributed by atoms with E-state index in [1.54, 1.807) is 20.8 Å². The lowest BCUT2D eigenvalue weighted by Gasteiger charge is -2.30. The quantitative estimate of drug-likeness (QED) is 0.0161. The number of hydrogen-bond donors (Lipinski definition) is 18. The minimum absolute atomic E-state index is 0.00422. The smallest absolute Gasteiger partial charge is 0.386 e. The van der Waals surface area contributed by atoms with Gasteiger partial charge in [-0.15, -0.1) is 0 Å². The summed E-state index contributed by atoms with van der Waals surface area (Å²) in [5, 5.41) is 64.3. The van der Waals surface area contributed by atoms with Crippen LogP contribution in [-0.2, 0) is 133 Å². The second-order valence-electron chi connectivity index (χ2n) is 40.7. The van der Waals surface area contributed by atoms with E-state index in [4.69, 9.17) is 41.4 Å². The van der Waals surface area contributed by atoms with Gasteiger partial charge in [0.1, 0.15) is 120 Å². The molecule has 836 valence electrons. The molecule has 6 aromatic rings. The van der Waals surface area contributed by atoms with E-state index < -0.39 is 236 Å². The molecule has 68 heteroatoms. The molecule has 3 fully saturated rings. The minimum atomic E-state index is -5.51. The number of fused-ring (bicyclic) bond motifs is 3. The number of imidazole rings is 3. The van der Waals surface area contributed by atoms with Crippen LogP contribution in [0.2, 0.25) is 0 Å². The molecule has 0 radical (unpaired) electrons. The molecule has 9 heterocycles. The van der Waals surface area contributed by atoms with E-state index in [1.165, 1.54) is 93.2 Å². The molecule has 0 amide bonds. The van der Waals surface area contributed by atoms with Crippen LogP contribution < -0.4 is 0 Å². The van der Waals surface area contributed by atoms with Gasteiger partial charge in [-0.05, 0) is 82.0 Å². The number of aromatic nitrogens is 12. The van der Waals surface area contributed by atoms with Crippen LogP contribution in [-0.4, -0.2) is 290 Å². The molecule has 0 aromatic carbocycles. The summed E-state index contributed by atoms with van der Waals surface area (Å²) in [6, 6.07) is 0. The van der Waals surface area contributed by atoms with Crippen molar-refractivity contribution in [3.63, 3.8) is 0 Å². The van der Waals surface area contributed by atoms with Crippen molar-refractivity contribution in [1.29, 1.82) is 0 Å². The van der Waals surface area contributed by atoms with Crippen LogP contribution in [0, 0.1) is 53.3 Å². The molecule has 59 nitrogen and oxygen atoms in total. The van der Waals surface area contributed by atoms with Crippen LogP contribution >= 0.6 is 70.4 Å². The number of carbonyl (C=O) groups excluding carboxylic acids is 5. The summed E-state index contributed by atoms with van der Waals surface area (Å²) in [4.78, 5) is 216. The van der Waals surface area contributed by atoms with Crippen molar-refractivity contribution in [2.24, 2.45) is 32.5 Å². The molecule has 147 heavy (non-hydrogen) atoms. The predicted octanol–water partition coefficient (Wildman–Crippen LogP) is 7.97. The van der Waals surface area contributed by atoms with Crippen molar-refractivity contribution in [1.82, 2.24) is 58.6 Å². The fourth-order valence-electron chi connectivity index (χ4n) is 14.6. The van der Waals surface area contributed by atoms with Gasteiger partial charge in [0, 0.05) is 61.2 Å². The number of phosphoric acid groups is 9. The summed E-state index contributed by atoms with van der Waals surface area (Å²) >= 11 is 0. The van der Waals surface area contributed by atoms with Crippen LogP contribution in [0.15, 0.2) is 38.0 Å². The Hall–Kier alpha value is -5.25. The molecular formula is C79H133N12O47P9. The largest absolute Gasteiger partial charge is 0.481 e. The molecule has 0 aliphatic carbocycles. The summed E-state index contributed by atoms with van der Waals surface area (Å²) in [5.74, 6) is -1.83. The molecule has 0 saturated carbocycles. The van der Waals surface area contributed by atoms with E-state index in [0.717, 1.165) is 19.3 Å². The topological polar surface area (TPSA) is 872 Å². The fraction of sp³-hybridized carbons (Fsp3) is 0.747. The van der Waals surface area contributed by atoms with E-state index in [9.17, 15) is 154 Å². The maximum atomic E-state index is 12.7. The normalized spacial score (nSPS) is 23.7. The first-order valence-corrected chi connectivity index (χ1v) is 58.9. The van der Waals surface area contributed by atoms with Gasteiger partial charge in [-0.25, -0.2) is 85.9 Å². The number of aliphatic hydroxyl groups is 6.